The number of ether oxygens (including phenoxy) is 1. The molecule has 2 fully saturated rings. The molecule has 3 amide bonds. The van der Waals surface area contributed by atoms with Crippen LogP contribution in [-0.4, -0.2) is 84.9 Å². The van der Waals surface area contributed by atoms with E-state index in [-0.39, 0.29) is 36.2 Å². The molecule has 0 N–H and O–H groups in total. The van der Waals surface area contributed by atoms with Crippen LogP contribution in [0.3, 0.4) is 0 Å². The quantitative estimate of drug-likeness (QED) is 0.725. The summed E-state index contributed by atoms with van der Waals surface area (Å²) in [6.07, 6.45) is 0.961. The van der Waals surface area contributed by atoms with Gasteiger partial charge in [-0.2, -0.15) is 0 Å². The van der Waals surface area contributed by atoms with Gasteiger partial charge in [-0.25, -0.2) is 0 Å². The second-order valence-electron chi connectivity index (χ2n) is 7.51. The molecule has 0 aromatic heterocycles. The Morgan fingerprint density at radius 2 is 1.92 bits per heavy atom. The zero-order valence-corrected chi connectivity index (χ0v) is 15.9. The van der Waals surface area contributed by atoms with Gasteiger partial charge in [0.15, 0.2) is 0 Å². The Bertz CT molecular complexity index is 503. The molecule has 0 spiro atoms. The number of rotatable bonds is 5. The number of piperidine rings is 1. The van der Waals surface area contributed by atoms with Gasteiger partial charge in [0.2, 0.25) is 17.7 Å². The minimum Gasteiger partial charge on any atom is -0.378 e. The van der Waals surface area contributed by atoms with Gasteiger partial charge in [-0.15, -0.1) is 0 Å². The van der Waals surface area contributed by atoms with E-state index in [0.717, 1.165) is 0 Å². The first-order chi connectivity index (χ1) is 11.8. The third-order valence-electron chi connectivity index (χ3n) is 5.05. The Hall–Kier alpha value is -1.63. The molecule has 2 rings (SSSR count). The topological polar surface area (TPSA) is 70.2 Å². The first-order valence-corrected chi connectivity index (χ1v) is 9.21. The summed E-state index contributed by atoms with van der Waals surface area (Å²) in [6.45, 7) is 9.09. The van der Waals surface area contributed by atoms with Crippen molar-refractivity contribution in [1.82, 2.24) is 14.7 Å². The van der Waals surface area contributed by atoms with Crippen LogP contribution in [0.2, 0.25) is 0 Å². The average molecular weight is 353 g/mol. The minimum atomic E-state index is -0.237. The number of nitrogens with zero attached hydrogens (tertiary/aromatic N) is 3. The summed E-state index contributed by atoms with van der Waals surface area (Å²) in [5.41, 5.74) is 0. The highest BCUT2D eigenvalue weighted by Crippen LogP contribution is 2.27. The molecule has 0 saturated carbocycles. The summed E-state index contributed by atoms with van der Waals surface area (Å²) in [5.74, 6) is 0.158. The van der Waals surface area contributed by atoms with Crippen molar-refractivity contribution >= 4 is 17.7 Å². The molecule has 0 radical (unpaired) electrons. The molecule has 2 heterocycles. The average Bonchev–Trinajstić information content (AvgIpc) is 2.58. The highest BCUT2D eigenvalue weighted by molar-refractivity contribution is 5.88. The zero-order valence-electron chi connectivity index (χ0n) is 15.9. The lowest BCUT2D eigenvalue weighted by molar-refractivity contribution is -0.150. The molecule has 0 aliphatic carbocycles. The van der Waals surface area contributed by atoms with E-state index in [1.54, 1.807) is 11.9 Å². The largest absolute Gasteiger partial charge is 0.378 e. The van der Waals surface area contributed by atoms with Crippen molar-refractivity contribution < 1.29 is 19.1 Å². The molecular formula is C18H31N3O4. The molecule has 142 valence electrons. The van der Waals surface area contributed by atoms with Gasteiger partial charge in [-0.1, -0.05) is 13.8 Å². The van der Waals surface area contributed by atoms with Crippen LogP contribution in [0.25, 0.3) is 0 Å². The number of hydrogen-bond donors (Lipinski definition) is 0. The second-order valence-corrected chi connectivity index (χ2v) is 7.51. The Morgan fingerprint density at radius 3 is 2.52 bits per heavy atom. The smallest absolute Gasteiger partial charge is 0.242 e. The van der Waals surface area contributed by atoms with Crippen LogP contribution < -0.4 is 0 Å². The first kappa shape index (κ1) is 19.7. The molecule has 2 atom stereocenters. The maximum absolute atomic E-state index is 12.9. The number of carbonyl (C=O) groups is 3. The van der Waals surface area contributed by atoms with Gasteiger partial charge in [0, 0.05) is 39.1 Å². The summed E-state index contributed by atoms with van der Waals surface area (Å²) in [5, 5.41) is 0. The second kappa shape index (κ2) is 8.65. The molecule has 0 bridgehead atoms. The van der Waals surface area contributed by atoms with Crippen molar-refractivity contribution in [2.24, 2.45) is 11.8 Å². The molecule has 2 saturated heterocycles. The van der Waals surface area contributed by atoms with Crippen LogP contribution in [0.5, 0.6) is 0 Å². The molecule has 2 aliphatic heterocycles. The van der Waals surface area contributed by atoms with E-state index >= 15 is 0 Å². The van der Waals surface area contributed by atoms with Gasteiger partial charge in [0.25, 0.3) is 0 Å². The lowest BCUT2D eigenvalue weighted by Gasteiger charge is -2.40. The fraction of sp³-hybridized carbons (Fsp3) is 0.833. The lowest BCUT2D eigenvalue weighted by atomic mass is 9.88. The van der Waals surface area contributed by atoms with Crippen LogP contribution in [0.15, 0.2) is 0 Å². The van der Waals surface area contributed by atoms with E-state index < -0.39 is 0 Å². The number of carbonyl (C=O) groups excluding carboxylic acids is 3. The molecule has 0 aromatic carbocycles. The van der Waals surface area contributed by atoms with E-state index in [0.29, 0.717) is 51.6 Å². The number of hydrogen-bond acceptors (Lipinski definition) is 4. The Labute approximate surface area is 150 Å². The monoisotopic (exact) mass is 353 g/mol. The SMILES string of the molecule is CC(C)CN1C(=O)CC[C@@H](C(=O)N(C)CC(=O)N2CCOCC2)[C@H]1C. The Balaban J connectivity index is 1.95. The fourth-order valence-electron chi connectivity index (χ4n) is 3.58. The van der Waals surface area contributed by atoms with Gasteiger partial charge in [0.05, 0.1) is 25.7 Å². The maximum atomic E-state index is 12.9. The van der Waals surface area contributed by atoms with Crippen molar-refractivity contribution in [3.05, 3.63) is 0 Å². The molecule has 7 nitrogen and oxygen atoms in total. The van der Waals surface area contributed by atoms with Gasteiger partial charge < -0.3 is 19.4 Å². The highest BCUT2D eigenvalue weighted by atomic mass is 16.5. The predicted octanol–water partition coefficient (Wildman–Crippen LogP) is 0.587. The Morgan fingerprint density at radius 1 is 1.28 bits per heavy atom. The lowest BCUT2D eigenvalue weighted by Crippen LogP contribution is -2.54. The molecule has 25 heavy (non-hydrogen) atoms. The molecular weight excluding hydrogens is 322 g/mol. The van der Waals surface area contributed by atoms with E-state index in [4.69, 9.17) is 4.74 Å². The van der Waals surface area contributed by atoms with E-state index in [9.17, 15) is 14.4 Å². The van der Waals surface area contributed by atoms with Crippen molar-refractivity contribution in [1.29, 1.82) is 0 Å². The van der Waals surface area contributed by atoms with Crippen LogP contribution in [0, 0.1) is 11.8 Å². The van der Waals surface area contributed by atoms with Gasteiger partial charge in [-0.05, 0) is 19.3 Å². The molecule has 7 heteroatoms. The molecule has 2 aliphatic rings. The third kappa shape index (κ3) is 4.93. The van der Waals surface area contributed by atoms with Crippen LogP contribution in [-0.2, 0) is 19.1 Å². The predicted molar refractivity (Wildman–Crippen MR) is 93.8 cm³/mol. The number of likely N-dealkylation sites (N-methyl/N-ethyl adjacent to an activating group) is 1. The Kier molecular flexibility index (Phi) is 6.81. The van der Waals surface area contributed by atoms with Crippen LogP contribution in [0.4, 0.5) is 0 Å². The van der Waals surface area contributed by atoms with Gasteiger partial charge in [-0.3, -0.25) is 14.4 Å². The summed E-state index contributed by atoms with van der Waals surface area (Å²) in [7, 11) is 1.68. The standard InChI is InChI=1S/C18H31N3O4/c1-13(2)11-21-14(3)15(5-6-16(21)22)18(24)19(4)12-17(23)20-7-9-25-10-8-20/h13-15H,5-12H2,1-4H3/t14-,15-/m1/s1. The fourth-order valence-corrected chi connectivity index (χ4v) is 3.58. The first-order valence-electron chi connectivity index (χ1n) is 9.21. The molecule has 0 aromatic rings. The van der Waals surface area contributed by atoms with E-state index in [1.165, 1.54) is 4.90 Å². The summed E-state index contributed by atoms with van der Waals surface area (Å²) >= 11 is 0. The zero-order chi connectivity index (χ0) is 18.6. The van der Waals surface area contributed by atoms with Crippen molar-refractivity contribution in [3.63, 3.8) is 0 Å². The number of likely N-dealkylation sites (tertiary alicyclic amines) is 1. The van der Waals surface area contributed by atoms with Crippen LogP contribution >= 0.6 is 0 Å². The van der Waals surface area contributed by atoms with E-state index in [2.05, 4.69) is 13.8 Å². The maximum Gasteiger partial charge on any atom is 0.242 e. The van der Waals surface area contributed by atoms with Crippen molar-refractivity contribution in [2.45, 2.75) is 39.7 Å². The molecule has 0 unspecified atom stereocenters. The number of amides is 3. The summed E-state index contributed by atoms with van der Waals surface area (Å²) < 4.78 is 5.25. The summed E-state index contributed by atoms with van der Waals surface area (Å²) in [4.78, 5) is 42.5. The number of morpholine rings is 1. The third-order valence-corrected chi connectivity index (χ3v) is 5.05. The van der Waals surface area contributed by atoms with Crippen LogP contribution in [0.1, 0.15) is 33.6 Å². The van der Waals surface area contributed by atoms with Gasteiger partial charge >= 0.3 is 0 Å². The minimum absolute atomic E-state index is 0.0438. The normalized spacial score (nSPS) is 24.6. The summed E-state index contributed by atoms with van der Waals surface area (Å²) in [6, 6.07) is -0.128. The van der Waals surface area contributed by atoms with Gasteiger partial charge in [0.1, 0.15) is 0 Å². The van der Waals surface area contributed by atoms with Crippen molar-refractivity contribution in [2.75, 3.05) is 46.4 Å². The van der Waals surface area contributed by atoms with Crippen molar-refractivity contribution in [3.8, 4) is 0 Å². The highest BCUT2D eigenvalue weighted by Gasteiger charge is 2.38. The van der Waals surface area contributed by atoms with E-state index in [1.807, 2.05) is 11.8 Å².